The molecule has 148 valence electrons. The normalized spacial score (nSPS) is 27.0. The molecule has 1 spiro atoms. The van der Waals surface area contributed by atoms with Crippen molar-refractivity contribution in [3.05, 3.63) is 17.0 Å². The van der Waals surface area contributed by atoms with Gasteiger partial charge in [0.1, 0.15) is 5.76 Å². The molecule has 0 saturated carbocycles. The Bertz CT molecular complexity index is 731. The quantitative estimate of drug-likeness (QED) is 0.788. The molecule has 3 heterocycles. The van der Waals surface area contributed by atoms with Gasteiger partial charge in [-0.2, -0.15) is 0 Å². The third-order valence-electron chi connectivity index (χ3n) is 6.83. The van der Waals surface area contributed by atoms with E-state index in [9.17, 15) is 9.59 Å². The van der Waals surface area contributed by atoms with Crippen LogP contribution in [0.1, 0.15) is 60.8 Å². The lowest BCUT2D eigenvalue weighted by Crippen LogP contribution is -2.62. The molecule has 2 aliphatic heterocycles. The first-order valence-corrected chi connectivity index (χ1v) is 10.3. The fraction of sp³-hybridized carbons (Fsp3) is 0.750. The topological polar surface area (TPSA) is 69.9 Å². The van der Waals surface area contributed by atoms with E-state index >= 15 is 0 Å². The summed E-state index contributed by atoms with van der Waals surface area (Å²) in [6.45, 7) is 5.74. The van der Waals surface area contributed by atoms with E-state index in [1.165, 1.54) is 0 Å². The number of rotatable bonds is 2. The Balaban J connectivity index is 1.54. The summed E-state index contributed by atoms with van der Waals surface area (Å²) in [4.78, 5) is 31.8. The Morgan fingerprint density at radius 2 is 1.96 bits per heavy atom. The van der Waals surface area contributed by atoms with Crippen LogP contribution >= 0.6 is 0 Å². The Hall–Kier alpha value is -1.89. The standard InChI is InChI=1S/C20H30N4O3/c1-3-23-11-10-20(9-8-17(23)25)14-24(13-12-22(20)2)19(26)18-15-6-4-5-7-16(15)27-21-18/h3-14H2,1-2H3. The smallest absolute Gasteiger partial charge is 0.276 e. The molecular formula is C20H30N4O3. The highest BCUT2D eigenvalue weighted by atomic mass is 16.5. The van der Waals surface area contributed by atoms with E-state index in [1.54, 1.807) is 0 Å². The lowest BCUT2D eigenvalue weighted by atomic mass is 9.86. The second kappa shape index (κ2) is 7.26. The van der Waals surface area contributed by atoms with Gasteiger partial charge in [-0.1, -0.05) is 5.16 Å². The number of likely N-dealkylation sites (tertiary alicyclic amines) is 1. The molecule has 3 aliphatic rings. The Morgan fingerprint density at radius 3 is 2.78 bits per heavy atom. The van der Waals surface area contributed by atoms with Crippen molar-refractivity contribution in [1.29, 1.82) is 0 Å². The van der Waals surface area contributed by atoms with E-state index in [2.05, 4.69) is 17.1 Å². The molecule has 1 unspecified atom stereocenters. The van der Waals surface area contributed by atoms with Crippen LogP contribution < -0.4 is 0 Å². The van der Waals surface area contributed by atoms with Gasteiger partial charge in [0.25, 0.3) is 5.91 Å². The number of aryl methyl sites for hydroxylation is 1. The highest BCUT2D eigenvalue weighted by molar-refractivity contribution is 5.94. The van der Waals surface area contributed by atoms with Crippen LogP contribution in [0.3, 0.4) is 0 Å². The van der Waals surface area contributed by atoms with Crippen molar-refractivity contribution >= 4 is 11.8 Å². The van der Waals surface area contributed by atoms with E-state index in [0.29, 0.717) is 25.2 Å². The maximum absolute atomic E-state index is 13.2. The Labute approximate surface area is 160 Å². The molecule has 0 radical (unpaired) electrons. The molecule has 2 saturated heterocycles. The number of hydrogen-bond donors (Lipinski definition) is 0. The Morgan fingerprint density at radius 1 is 1.15 bits per heavy atom. The van der Waals surface area contributed by atoms with Crippen LogP contribution in [0.4, 0.5) is 0 Å². The molecule has 1 aromatic rings. The molecule has 0 N–H and O–H groups in total. The summed E-state index contributed by atoms with van der Waals surface area (Å²) in [7, 11) is 2.13. The minimum atomic E-state index is -0.128. The van der Waals surface area contributed by atoms with Gasteiger partial charge in [0.15, 0.2) is 5.69 Å². The van der Waals surface area contributed by atoms with E-state index in [1.807, 2.05) is 16.7 Å². The third-order valence-corrected chi connectivity index (χ3v) is 6.83. The van der Waals surface area contributed by atoms with Gasteiger partial charge in [0, 0.05) is 56.7 Å². The van der Waals surface area contributed by atoms with E-state index in [4.69, 9.17) is 4.52 Å². The largest absolute Gasteiger partial charge is 0.360 e. The second-order valence-corrected chi connectivity index (χ2v) is 8.24. The number of piperazine rings is 1. The molecular weight excluding hydrogens is 344 g/mol. The first-order chi connectivity index (χ1) is 13.0. The summed E-state index contributed by atoms with van der Waals surface area (Å²) in [6.07, 6.45) is 6.24. The average Bonchev–Trinajstić information content (AvgIpc) is 3.05. The molecule has 2 amide bonds. The van der Waals surface area contributed by atoms with Crippen LogP contribution in [0.25, 0.3) is 0 Å². The highest BCUT2D eigenvalue weighted by Gasteiger charge is 2.44. The van der Waals surface area contributed by atoms with Crippen LogP contribution in [-0.2, 0) is 17.6 Å². The average molecular weight is 374 g/mol. The zero-order chi connectivity index (χ0) is 19.0. The molecule has 4 rings (SSSR count). The predicted molar refractivity (Wildman–Crippen MR) is 101 cm³/mol. The number of aromatic nitrogens is 1. The monoisotopic (exact) mass is 374 g/mol. The van der Waals surface area contributed by atoms with Crippen molar-refractivity contribution in [2.45, 2.75) is 57.4 Å². The van der Waals surface area contributed by atoms with Gasteiger partial charge in [0.05, 0.1) is 0 Å². The van der Waals surface area contributed by atoms with Crippen LogP contribution in [0, 0.1) is 0 Å². The fourth-order valence-electron chi connectivity index (χ4n) is 4.90. The third kappa shape index (κ3) is 3.26. The summed E-state index contributed by atoms with van der Waals surface area (Å²) < 4.78 is 5.46. The molecule has 2 fully saturated rings. The molecule has 1 atom stereocenters. The minimum Gasteiger partial charge on any atom is -0.360 e. The molecule has 0 bridgehead atoms. The van der Waals surface area contributed by atoms with Crippen molar-refractivity contribution in [2.24, 2.45) is 0 Å². The highest BCUT2D eigenvalue weighted by Crippen LogP contribution is 2.33. The van der Waals surface area contributed by atoms with Gasteiger partial charge in [-0.3, -0.25) is 14.5 Å². The molecule has 7 heteroatoms. The molecule has 1 aromatic heterocycles. The number of carbonyl (C=O) groups excluding carboxylic acids is 2. The van der Waals surface area contributed by atoms with Crippen molar-refractivity contribution in [3.8, 4) is 0 Å². The van der Waals surface area contributed by atoms with Crippen LogP contribution in [-0.4, -0.2) is 77.0 Å². The van der Waals surface area contributed by atoms with Crippen LogP contribution in [0.2, 0.25) is 0 Å². The summed E-state index contributed by atoms with van der Waals surface area (Å²) in [5, 5.41) is 4.14. The molecule has 1 aliphatic carbocycles. The first-order valence-electron chi connectivity index (χ1n) is 10.3. The summed E-state index contributed by atoms with van der Waals surface area (Å²) >= 11 is 0. The maximum atomic E-state index is 13.2. The van der Waals surface area contributed by atoms with Gasteiger partial charge in [-0.15, -0.1) is 0 Å². The maximum Gasteiger partial charge on any atom is 0.276 e. The second-order valence-electron chi connectivity index (χ2n) is 8.24. The molecule has 7 nitrogen and oxygen atoms in total. The van der Waals surface area contributed by atoms with E-state index in [-0.39, 0.29) is 17.4 Å². The number of nitrogens with zero attached hydrogens (tertiary/aromatic N) is 4. The predicted octanol–water partition coefficient (Wildman–Crippen LogP) is 1.71. The summed E-state index contributed by atoms with van der Waals surface area (Å²) in [5.74, 6) is 1.13. The van der Waals surface area contributed by atoms with Gasteiger partial charge < -0.3 is 14.3 Å². The zero-order valence-corrected chi connectivity index (χ0v) is 16.5. The number of carbonyl (C=O) groups is 2. The molecule has 27 heavy (non-hydrogen) atoms. The summed E-state index contributed by atoms with van der Waals surface area (Å²) in [6, 6.07) is 0. The first kappa shape index (κ1) is 18.5. The van der Waals surface area contributed by atoms with Crippen LogP contribution in [0.15, 0.2) is 4.52 Å². The number of amides is 2. The van der Waals surface area contributed by atoms with Crippen LogP contribution in [0.5, 0.6) is 0 Å². The Kier molecular flexibility index (Phi) is 4.97. The van der Waals surface area contributed by atoms with Crippen molar-refractivity contribution in [2.75, 3.05) is 39.8 Å². The van der Waals surface area contributed by atoms with E-state index < -0.39 is 0 Å². The zero-order valence-electron chi connectivity index (χ0n) is 16.5. The lowest BCUT2D eigenvalue weighted by Gasteiger charge is -2.49. The van der Waals surface area contributed by atoms with Gasteiger partial charge >= 0.3 is 0 Å². The number of hydrogen-bond acceptors (Lipinski definition) is 5. The van der Waals surface area contributed by atoms with Gasteiger partial charge in [-0.25, -0.2) is 0 Å². The van der Waals surface area contributed by atoms with Crippen molar-refractivity contribution in [3.63, 3.8) is 0 Å². The summed E-state index contributed by atoms with van der Waals surface area (Å²) in [5.41, 5.74) is 1.41. The molecule has 0 aromatic carbocycles. The van der Waals surface area contributed by atoms with Crippen molar-refractivity contribution in [1.82, 2.24) is 19.9 Å². The van der Waals surface area contributed by atoms with Gasteiger partial charge in [0.2, 0.25) is 5.91 Å². The number of likely N-dealkylation sites (N-methyl/N-ethyl adjacent to an activating group) is 1. The fourth-order valence-corrected chi connectivity index (χ4v) is 4.90. The number of fused-ring (bicyclic) bond motifs is 1. The SMILES string of the molecule is CCN1CCC2(CCC1=O)CN(C(=O)c1noc3c1CCCC3)CCN2C. The minimum absolute atomic E-state index is 0.00250. The lowest BCUT2D eigenvalue weighted by molar-refractivity contribution is -0.130. The van der Waals surface area contributed by atoms with Gasteiger partial charge in [-0.05, 0) is 46.1 Å². The van der Waals surface area contributed by atoms with Crippen molar-refractivity contribution < 1.29 is 14.1 Å². The van der Waals surface area contributed by atoms with E-state index in [0.717, 1.165) is 69.5 Å².